The Bertz CT molecular complexity index is 1330. The molecule has 5 nitrogen and oxygen atoms in total. The molecule has 0 spiro atoms. The van der Waals surface area contributed by atoms with Crippen LogP contribution >= 0.6 is 0 Å². The maximum absolute atomic E-state index is 13.4. The van der Waals surface area contributed by atoms with Gasteiger partial charge < -0.3 is 14.7 Å². The van der Waals surface area contributed by atoms with Crippen LogP contribution in [0.4, 0.5) is 0 Å². The van der Waals surface area contributed by atoms with E-state index in [2.05, 4.69) is 6.07 Å². The monoisotopic (exact) mass is 437 g/mol. The molecule has 5 heteroatoms. The van der Waals surface area contributed by atoms with E-state index < -0.39 is 12.0 Å². The van der Waals surface area contributed by atoms with Gasteiger partial charge in [-0.15, -0.1) is 0 Å². The van der Waals surface area contributed by atoms with Crippen LogP contribution in [-0.2, 0) is 17.9 Å². The number of hydrogen-bond donors (Lipinski definition) is 1. The second-order valence-corrected chi connectivity index (χ2v) is 8.25. The summed E-state index contributed by atoms with van der Waals surface area (Å²) < 4.78 is 5.82. The van der Waals surface area contributed by atoms with Crippen LogP contribution in [0, 0.1) is 0 Å². The number of para-hydroxylation sites is 1. The first-order chi connectivity index (χ1) is 16.1. The van der Waals surface area contributed by atoms with Crippen molar-refractivity contribution in [2.75, 3.05) is 0 Å². The summed E-state index contributed by atoms with van der Waals surface area (Å²) in [6.07, 6.45) is -0.133. The first-order valence-corrected chi connectivity index (χ1v) is 10.9. The van der Waals surface area contributed by atoms with Crippen molar-refractivity contribution in [1.29, 1.82) is 0 Å². The number of amides is 1. The number of rotatable bonds is 7. The summed E-state index contributed by atoms with van der Waals surface area (Å²) in [6, 6.07) is 28.7. The number of carbonyl (C=O) groups excluding carboxylic acids is 1. The largest absolute Gasteiger partial charge is 0.489 e. The molecule has 1 aliphatic rings. The molecule has 1 amide bonds. The molecule has 0 aliphatic carbocycles. The minimum absolute atomic E-state index is 0.133. The second kappa shape index (κ2) is 8.79. The van der Waals surface area contributed by atoms with Crippen LogP contribution < -0.4 is 4.74 Å². The summed E-state index contributed by atoms with van der Waals surface area (Å²) in [4.78, 5) is 26.7. The third-order valence-electron chi connectivity index (χ3n) is 6.03. The molecule has 0 saturated carbocycles. The van der Waals surface area contributed by atoms with Gasteiger partial charge >= 0.3 is 5.97 Å². The number of benzene rings is 4. The zero-order valence-corrected chi connectivity index (χ0v) is 18.0. The summed E-state index contributed by atoms with van der Waals surface area (Å²) in [5, 5.41) is 11.7. The molecule has 0 fully saturated rings. The van der Waals surface area contributed by atoms with Gasteiger partial charge in [0.05, 0.1) is 12.5 Å². The van der Waals surface area contributed by atoms with Crippen molar-refractivity contribution in [3.8, 4) is 5.75 Å². The summed E-state index contributed by atoms with van der Waals surface area (Å²) in [6.45, 7) is 0.686. The van der Waals surface area contributed by atoms with Crippen molar-refractivity contribution < 1.29 is 19.4 Å². The van der Waals surface area contributed by atoms with Crippen molar-refractivity contribution in [2.24, 2.45) is 0 Å². The zero-order valence-electron chi connectivity index (χ0n) is 18.0. The Labute approximate surface area is 191 Å². The summed E-state index contributed by atoms with van der Waals surface area (Å²) in [5.74, 6) is -0.322. The highest BCUT2D eigenvalue weighted by molar-refractivity contribution is 6.00. The van der Waals surface area contributed by atoms with Crippen LogP contribution in [0.5, 0.6) is 5.75 Å². The van der Waals surface area contributed by atoms with Crippen LogP contribution in [0.15, 0.2) is 91.0 Å². The molecule has 1 aliphatic heterocycles. The Balaban J connectivity index is 1.41. The lowest BCUT2D eigenvalue weighted by Crippen LogP contribution is -2.29. The quantitative estimate of drug-likeness (QED) is 0.409. The lowest BCUT2D eigenvalue weighted by molar-refractivity contribution is -0.138. The Morgan fingerprint density at radius 2 is 1.58 bits per heavy atom. The molecule has 0 saturated heterocycles. The van der Waals surface area contributed by atoms with Gasteiger partial charge in [-0.1, -0.05) is 66.7 Å². The molecule has 1 N–H and O–H groups in total. The maximum Gasteiger partial charge on any atom is 0.305 e. The molecule has 4 aromatic rings. The molecule has 1 unspecified atom stereocenters. The van der Waals surface area contributed by atoms with E-state index in [1.807, 2.05) is 84.9 Å². The third kappa shape index (κ3) is 4.30. The van der Waals surface area contributed by atoms with Gasteiger partial charge in [0.1, 0.15) is 12.4 Å². The van der Waals surface area contributed by atoms with Crippen LogP contribution in [-0.4, -0.2) is 21.9 Å². The number of aliphatic carboxylic acids is 1. The molecule has 0 aromatic heterocycles. The van der Waals surface area contributed by atoms with E-state index in [0.29, 0.717) is 18.7 Å². The van der Waals surface area contributed by atoms with Crippen LogP contribution in [0.25, 0.3) is 10.8 Å². The number of hydrogen-bond acceptors (Lipinski definition) is 3. The van der Waals surface area contributed by atoms with Crippen molar-refractivity contribution in [3.63, 3.8) is 0 Å². The summed E-state index contributed by atoms with van der Waals surface area (Å²) >= 11 is 0. The van der Waals surface area contributed by atoms with Crippen molar-refractivity contribution >= 4 is 22.6 Å². The normalized spacial score (nSPS) is 15.0. The lowest BCUT2D eigenvalue weighted by Gasteiger charge is -2.24. The lowest BCUT2D eigenvalue weighted by atomic mass is 10.00. The molecule has 0 bridgehead atoms. The fourth-order valence-corrected chi connectivity index (χ4v) is 4.42. The Kier molecular flexibility index (Phi) is 5.53. The highest BCUT2D eigenvalue weighted by Gasteiger charge is 2.38. The van der Waals surface area contributed by atoms with Gasteiger partial charge in [0, 0.05) is 12.1 Å². The summed E-state index contributed by atoms with van der Waals surface area (Å²) in [7, 11) is 0. The van der Waals surface area contributed by atoms with E-state index in [1.54, 1.807) is 4.90 Å². The van der Waals surface area contributed by atoms with E-state index in [0.717, 1.165) is 33.2 Å². The first-order valence-electron chi connectivity index (χ1n) is 10.9. The van der Waals surface area contributed by atoms with E-state index >= 15 is 0 Å². The Hall–Kier alpha value is -4.12. The highest BCUT2D eigenvalue weighted by atomic mass is 16.5. The average Bonchev–Trinajstić information content (AvgIpc) is 3.08. The fraction of sp³-hybridized carbons (Fsp3) is 0.143. The molecular formula is C28H23NO4. The average molecular weight is 437 g/mol. The van der Waals surface area contributed by atoms with Crippen LogP contribution in [0.1, 0.15) is 39.5 Å². The minimum atomic E-state index is -0.930. The standard InChI is InChI=1S/C28H23NO4/c30-27(31)16-26-24-13-11-20(18-33-23-8-2-1-3-9-23)15-25(24)28(32)29(26)17-19-10-12-21-6-4-5-7-22(21)14-19/h1-15,26H,16-18H2,(H,30,31). The van der Waals surface area contributed by atoms with Crippen LogP contribution in [0.3, 0.4) is 0 Å². The number of carboxylic acids is 1. The minimum Gasteiger partial charge on any atom is -0.489 e. The predicted octanol–water partition coefficient (Wildman–Crippen LogP) is 5.59. The number of carbonyl (C=O) groups is 2. The summed E-state index contributed by atoms with van der Waals surface area (Å²) in [5.41, 5.74) is 3.15. The fourth-order valence-electron chi connectivity index (χ4n) is 4.42. The number of ether oxygens (including phenoxy) is 1. The molecule has 5 rings (SSSR count). The van der Waals surface area contributed by atoms with E-state index in [-0.39, 0.29) is 12.3 Å². The number of nitrogens with zero attached hydrogens (tertiary/aromatic N) is 1. The van der Waals surface area contributed by atoms with Gasteiger partial charge in [-0.05, 0) is 51.7 Å². The smallest absolute Gasteiger partial charge is 0.305 e. The van der Waals surface area contributed by atoms with Crippen molar-refractivity contribution in [1.82, 2.24) is 4.90 Å². The molecule has 0 radical (unpaired) electrons. The van der Waals surface area contributed by atoms with Crippen LogP contribution in [0.2, 0.25) is 0 Å². The van der Waals surface area contributed by atoms with Gasteiger partial charge in [-0.2, -0.15) is 0 Å². The van der Waals surface area contributed by atoms with E-state index in [1.165, 1.54) is 0 Å². The van der Waals surface area contributed by atoms with Gasteiger partial charge in [-0.25, -0.2) is 0 Å². The second-order valence-electron chi connectivity index (χ2n) is 8.25. The first kappa shape index (κ1) is 20.8. The maximum atomic E-state index is 13.4. The van der Waals surface area contributed by atoms with Crippen molar-refractivity contribution in [3.05, 3.63) is 113 Å². The Morgan fingerprint density at radius 3 is 2.36 bits per heavy atom. The van der Waals surface area contributed by atoms with Gasteiger partial charge in [0.2, 0.25) is 0 Å². The number of fused-ring (bicyclic) bond motifs is 2. The molecule has 1 heterocycles. The molecule has 4 aromatic carbocycles. The molecule has 164 valence electrons. The van der Waals surface area contributed by atoms with Crippen molar-refractivity contribution in [2.45, 2.75) is 25.6 Å². The highest BCUT2D eigenvalue weighted by Crippen LogP contribution is 2.38. The number of carboxylic acid groups (broad SMARTS) is 1. The predicted molar refractivity (Wildman–Crippen MR) is 126 cm³/mol. The Morgan fingerprint density at radius 1 is 0.848 bits per heavy atom. The zero-order chi connectivity index (χ0) is 22.8. The molecule has 1 atom stereocenters. The van der Waals surface area contributed by atoms with Gasteiger partial charge in [0.25, 0.3) is 5.91 Å². The third-order valence-corrected chi connectivity index (χ3v) is 6.03. The molecule has 33 heavy (non-hydrogen) atoms. The molecular weight excluding hydrogens is 414 g/mol. The van der Waals surface area contributed by atoms with Gasteiger partial charge in [-0.3, -0.25) is 9.59 Å². The van der Waals surface area contributed by atoms with E-state index in [9.17, 15) is 14.7 Å². The topological polar surface area (TPSA) is 66.8 Å². The van der Waals surface area contributed by atoms with Gasteiger partial charge in [0.15, 0.2) is 0 Å². The van der Waals surface area contributed by atoms with E-state index in [4.69, 9.17) is 4.74 Å². The SMILES string of the molecule is O=C(O)CC1c2ccc(COc3ccccc3)cc2C(=O)N1Cc1ccc2ccccc2c1.